The van der Waals surface area contributed by atoms with Crippen LogP contribution >= 0.6 is 0 Å². The summed E-state index contributed by atoms with van der Waals surface area (Å²) in [5.41, 5.74) is 0. The van der Waals surface area contributed by atoms with Gasteiger partial charge in [0.15, 0.2) is 0 Å². The van der Waals surface area contributed by atoms with Crippen LogP contribution < -0.4 is 18.9 Å². The summed E-state index contributed by atoms with van der Waals surface area (Å²) in [6, 6.07) is 0. The van der Waals surface area contributed by atoms with Gasteiger partial charge in [0, 0.05) is 0 Å². The molecule has 0 heterocycles. The normalized spacial score (nSPS) is 9.27. The summed E-state index contributed by atoms with van der Waals surface area (Å²) in [6.45, 7) is 3.31. The van der Waals surface area contributed by atoms with Crippen molar-refractivity contribution in [1.29, 1.82) is 0 Å². The first-order chi connectivity index (χ1) is 4.91. The van der Waals surface area contributed by atoms with E-state index < -0.39 is 0 Å². The fraction of sp³-hybridized carbons (Fsp3) is 1.00. The van der Waals surface area contributed by atoms with Crippen molar-refractivity contribution in [3.05, 3.63) is 5.32 Å². The van der Waals surface area contributed by atoms with Gasteiger partial charge >= 0.3 is 18.9 Å². The summed E-state index contributed by atoms with van der Waals surface area (Å²) in [5, 5.41) is 4.05. The fourth-order valence-electron chi connectivity index (χ4n) is 1.05. The number of unbranched alkanes of at least 4 members (excludes halogenated alkanes) is 5. The molecule has 0 aromatic rings. The Morgan fingerprint density at radius 3 is 2.00 bits per heavy atom. The van der Waals surface area contributed by atoms with Gasteiger partial charge < -0.3 is 5.32 Å². The Morgan fingerprint density at radius 2 is 1.45 bits per heavy atom. The maximum absolute atomic E-state index is 4.05. The first kappa shape index (κ1) is 14.1. The summed E-state index contributed by atoms with van der Waals surface area (Å²) in [5.74, 6) is 0. The zero-order valence-corrected chi connectivity index (χ0v) is 8.40. The minimum atomic E-state index is 0. The number of hydrogen-bond acceptors (Lipinski definition) is 0. The van der Waals surface area contributed by atoms with Gasteiger partial charge in [-0.3, -0.25) is 0 Å². The molecule has 0 amide bonds. The van der Waals surface area contributed by atoms with E-state index in [-0.39, 0.29) is 18.9 Å². The first-order valence-corrected chi connectivity index (χ1v) is 4.47. The maximum atomic E-state index is 4.05. The van der Waals surface area contributed by atoms with Crippen molar-refractivity contribution >= 4 is 0 Å². The van der Waals surface area contributed by atoms with Crippen molar-refractivity contribution in [2.24, 2.45) is 0 Å². The van der Waals surface area contributed by atoms with Crippen LogP contribution in [0.3, 0.4) is 0 Å². The van der Waals surface area contributed by atoms with Crippen LogP contribution in [0.4, 0.5) is 0 Å². The van der Waals surface area contributed by atoms with Gasteiger partial charge in [0.05, 0.1) is 0 Å². The minimum Gasteiger partial charge on any atom is -0.665 e. The van der Waals surface area contributed by atoms with E-state index in [4.69, 9.17) is 0 Å². The van der Waals surface area contributed by atoms with Crippen LogP contribution in [-0.2, 0) is 0 Å². The van der Waals surface area contributed by atoms with E-state index >= 15 is 0 Å². The van der Waals surface area contributed by atoms with Crippen LogP contribution in [0.2, 0.25) is 0 Å². The molecule has 0 radical (unpaired) electrons. The quantitative estimate of drug-likeness (QED) is 0.366. The Balaban J connectivity index is 0. The standard InChI is InChI=1S/C9H20N.Li/c1-3-4-5-6-7-8-9-10-2;/h3-9H2,1-2H3;/q-1;+1. The summed E-state index contributed by atoms with van der Waals surface area (Å²) in [4.78, 5) is 0. The molecule has 0 unspecified atom stereocenters. The van der Waals surface area contributed by atoms with Crippen LogP contribution in [0.25, 0.3) is 5.32 Å². The van der Waals surface area contributed by atoms with Gasteiger partial charge in [-0.1, -0.05) is 45.4 Å². The van der Waals surface area contributed by atoms with Crippen LogP contribution in [0.1, 0.15) is 45.4 Å². The van der Waals surface area contributed by atoms with E-state index in [1.807, 2.05) is 7.05 Å². The Hall–Kier alpha value is 0.557. The molecule has 62 valence electrons. The molecule has 0 rings (SSSR count). The summed E-state index contributed by atoms with van der Waals surface area (Å²) >= 11 is 0. The van der Waals surface area contributed by atoms with E-state index in [1.165, 1.54) is 38.5 Å². The zero-order valence-electron chi connectivity index (χ0n) is 8.40. The summed E-state index contributed by atoms with van der Waals surface area (Å²) in [6.07, 6.45) is 8.24. The monoisotopic (exact) mass is 149 g/mol. The Kier molecular flexibility index (Phi) is 16.9. The predicted octanol–water partition coefficient (Wildman–Crippen LogP) is 0.354. The molecule has 0 saturated heterocycles. The van der Waals surface area contributed by atoms with Crippen molar-refractivity contribution in [2.75, 3.05) is 13.6 Å². The van der Waals surface area contributed by atoms with Gasteiger partial charge in [0.25, 0.3) is 0 Å². The smallest absolute Gasteiger partial charge is 0.665 e. The molecule has 0 N–H and O–H groups in total. The van der Waals surface area contributed by atoms with E-state index in [0.717, 1.165) is 6.54 Å². The van der Waals surface area contributed by atoms with Gasteiger partial charge in [-0.15, -0.1) is 6.54 Å². The molecule has 0 aliphatic heterocycles. The number of rotatable bonds is 7. The molecule has 1 nitrogen and oxygen atoms in total. The van der Waals surface area contributed by atoms with Crippen LogP contribution in [0.15, 0.2) is 0 Å². The van der Waals surface area contributed by atoms with Crippen molar-refractivity contribution in [2.45, 2.75) is 45.4 Å². The second-order valence-corrected chi connectivity index (χ2v) is 2.81. The second-order valence-electron chi connectivity index (χ2n) is 2.81. The summed E-state index contributed by atoms with van der Waals surface area (Å²) in [7, 11) is 1.89. The molecular weight excluding hydrogens is 129 g/mol. The van der Waals surface area contributed by atoms with E-state index in [1.54, 1.807) is 0 Å². The SMILES string of the molecule is CCCCCCCC[N-]C.[Li+]. The molecule has 0 aliphatic rings. The third-order valence-electron chi connectivity index (χ3n) is 1.74. The van der Waals surface area contributed by atoms with Gasteiger partial charge in [0.2, 0.25) is 0 Å². The fourth-order valence-corrected chi connectivity index (χ4v) is 1.05. The molecule has 0 fully saturated rings. The Labute approximate surface area is 83.5 Å². The number of hydrogen-bond donors (Lipinski definition) is 0. The molecule has 0 spiro atoms. The van der Waals surface area contributed by atoms with E-state index in [9.17, 15) is 0 Å². The molecule has 11 heavy (non-hydrogen) atoms. The predicted molar refractivity (Wildman–Crippen MR) is 47.5 cm³/mol. The van der Waals surface area contributed by atoms with E-state index in [0.29, 0.717) is 0 Å². The molecule has 2 heteroatoms. The van der Waals surface area contributed by atoms with Gasteiger partial charge in [0.1, 0.15) is 0 Å². The van der Waals surface area contributed by atoms with Gasteiger partial charge in [-0.2, -0.15) is 7.05 Å². The minimum absolute atomic E-state index is 0. The molecule has 0 aromatic carbocycles. The topological polar surface area (TPSA) is 14.1 Å². The number of nitrogens with zero attached hydrogens (tertiary/aromatic N) is 1. The van der Waals surface area contributed by atoms with Crippen LogP contribution in [0, 0.1) is 0 Å². The molecule has 0 aliphatic carbocycles. The van der Waals surface area contributed by atoms with Gasteiger partial charge in [-0.25, -0.2) is 0 Å². The average molecular weight is 149 g/mol. The van der Waals surface area contributed by atoms with E-state index in [2.05, 4.69) is 12.2 Å². The Bertz CT molecular complexity index is 49.5. The average Bonchev–Trinajstić information content (AvgIpc) is 1.97. The molecule has 0 aromatic heterocycles. The zero-order chi connectivity index (χ0) is 7.66. The Morgan fingerprint density at radius 1 is 0.909 bits per heavy atom. The van der Waals surface area contributed by atoms with Crippen molar-refractivity contribution in [1.82, 2.24) is 0 Å². The van der Waals surface area contributed by atoms with Crippen molar-refractivity contribution in [3.63, 3.8) is 0 Å². The van der Waals surface area contributed by atoms with Crippen molar-refractivity contribution in [3.8, 4) is 0 Å². The van der Waals surface area contributed by atoms with Gasteiger partial charge in [-0.05, 0) is 0 Å². The molecule has 0 saturated carbocycles. The largest absolute Gasteiger partial charge is 1.00 e. The second kappa shape index (κ2) is 13.2. The first-order valence-electron chi connectivity index (χ1n) is 4.47. The molecule has 0 atom stereocenters. The maximum Gasteiger partial charge on any atom is 1.00 e. The third-order valence-corrected chi connectivity index (χ3v) is 1.74. The molecule has 0 bridgehead atoms. The summed E-state index contributed by atoms with van der Waals surface area (Å²) < 4.78 is 0. The molecular formula is C9H20LiN. The van der Waals surface area contributed by atoms with Crippen LogP contribution in [-0.4, -0.2) is 13.6 Å². The third kappa shape index (κ3) is 13.5. The van der Waals surface area contributed by atoms with Crippen LogP contribution in [0.5, 0.6) is 0 Å². The van der Waals surface area contributed by atoms with Crippen molar-refractivity contribution < 1.29 is 18.9 Å².